The predicted molar refractivity (Wildman–Crippen MR) is 103 cm³/mol. The highest BCUT2D eigenvalue weighted by molar-refractivity contribution is 6.17. The monoisotopic (exact) mass is 371 g/mol. The van der Waals surface area contributed by atoms with Gasteiger partial charge in [-0.05, 0) is 35.2 Å². The molecule has 0 aliphatic carbocycles. The number of benzene rings is 2. The Labute approximate surface area is 159 Å². The van der Waals surface area contributed by atoms with E-state index in [9.17, 15) is 4.79 Å². The molecule has 0 spiro atoms. The van der Waals surface area contributed by atoms with E-state index in [1.54, 1.807) is 7.11 Å². The summed E-state index contributed by atoms with van der Waals surface area (Å²) in [7, 11) is 1.57. The summed E-state index contributed by atoms with van der Waals surface area (Å²) in [5, 5.41) is 2.92. The summed E-state index contributed by atoms with van der Waals surface area (Å²) in [5.41, 5.74) is 3.10. The third kappa shape index (κ3) is 6.02. The number of amides is 1. The summed E-state index contributed by atoms with van der Waals surface area (Å²) in [6, 6.07) is 13.4. The third-order valence-corrected chi connectivity index (χ3v) is 4.16. The lowest BCUT2D eigenvalue weighted by Crippen LogP contribution is -2.23. The van der Waals surface area contributed by atoms with E-state index in [4.69, 9.17) is 27.5 Å². The van der Waals surface area contributed by atoms with Crippen molar-refractivity contribution < 1.29 is 14.3 Å². The van der Waals surface area contributed by atoms with Crippen molar-refractivity contribution in [2.75, 3.05) is 13.7 Å². The van der Waals surface area contributed by atoms with Crippen LogP contribution in [0, 0.1) is 12.3 Å². The Morgan fingerprint density at radius 2 is 1.81 bits per heavy atom. The van der Waals surface area contributed by atoms with Crippen molar-refractivity contribution in [3.05, 3.63) is 59.2 Å². The highest BCUT2D eigenvalue weighted by Gasteiger charge is 2.08. The molecular weight excluding hydrogens is 350 g/mol. The van der Waals surface area contributed by atoms with E-state index in [1.807, 2.05) is 42.5 Å². The van der Waals surface area contributed by atoms with Crippen LogP contribution in [0.3, 0.4) is 0 Å². The maximum atomic E-state index is 12.1. The molecule has 2 aromatic rings. The Morgan fingerprint density at radius 3 is 2.46 bits per heavy atom. The summed E-state index contributed by atoms with van der Waals surface area (Å²) in [4.78, 5) is 12.1. The maximum Gasteiger partial charge on any atom is 0.220 e. The molecular formula is C21H22ClNO3. The number of aryl methyl sites for hydroxylation is 1. The molecule has 0 bridgehead atoms. The first-order valence-corrected chi connectivity index (χ1v) is 8.83. The number of carbonyl (C=O) groups excluding carboxylic acids is 1. The normalized spacial score (nSPS) is 10.0. The zero-order chi connectivity index (χ0) is 18.8. The molecule has 0 aliphatic rings. The molecule has 1 amide bonds. The van der Waals surface area contributed by atoms with Crippen molar-refractivity contribution in [2.24, 2.45) is 0 Å². The molecule has 0 aromatic heterocycles. The van der Waals surface area contributed by atoms with E-state index in [0.29, 0.717) is 36.8 Å². The molecule has 0 unspecified atom stereocenters. The van der Waals surface area contributed by atoms with E-state index in [0.717, 1.165) is 16.7 Å². The third-order valence-electron chi connectivity index (χ3n) is 3.85. The first kappa shape index (κ1) is 19.7. The fraction of sp³-hybridized carbons (Fsp3) is 0.286. The van der Waals surface area contributed by atoms with Crippen molar-refractivity contribution in [1.29, 1.82) is 0 Å². The van der Waals surface area contributed by atoms with Gasteiger partial charge < -0.3 is 14.8 Å². The van der Waals surface area contributed by atoms with E-state index in [1.165, 1.54) is 0 Å². The minimum atomic E-state index is -0.00181. The number of methoxy groups -OCH3 is 1. The topological polar surface area (TPSA) is 47.6 Å². The van der Waals surface area contributed by atoms with E-state index < -0.39 is 0 Å². The van der Waals surface area contributed by atoms with Crippen LogP contribution in [0.15, 0.2) is 42.5 Å². The quantitative estimate of drug-likeness (QED) is 0.540. The number of ether oxygens (including phenoxy) is 2. The molecule has 26 heavy (non-hydrogen) atoms. The van der Waals surface area contributed by atoms with Crippen molar-refractivity contribution in [3.8, 4) is 23.8 Å². The highest BCUT2D eigenvalue weighted by Crippen LogP contribution is 2.28. The summed E-state index contributed by atoms with van der Waals surface area (Å²) < 4.78 is 10.7. The van der Waals surface area contributed by atoms with Gasteiger partial charge >= 0.3 is 0 Å². The van der Waals surface area contributed by atoms with Gasteiger partial charge in [-0.25, -0.2) is 0 Å². The molecule has 0 saturated carbocycles. The second-order valence-electron chi connectivity index (χ2n) is 5.70. The Morgan fingerprint density at radius 1 is 1.12 bits per heavy atom. The molecule has 2 aromatic carbocycles. The van der Waals surface area contributed by atoms with Crippen LogP contribution in [-0.2, 0) is 23.6 Å². The molecule has 4 nitrogen and oxygen atoms in total. The van der Waals surface area contributed by atoms with Gasteiger partial charge in [0, 0.05) is 18.8 Å². The number of rotatable bonds is 9. The van der Waals surface area contributed by atoms with Gasteiger partial charge in [-0.3, -0.25) is 4.79 Å². The molecule has 0 saturated heterocycles. The largest absolute Gasteiger partial charge is 0.493 e. The van der Waals surface area contributed by atoms with Crippen LogP contribution >= 0.6 is 11.6 Å². The molecule has 136 valence electrons. The lowest BCUT2D eigenvalue weighted by Gasteiger charge is -2.11. The maximum absolute atomic E-state index is 12.1. The standard InChI is InChI=1S/C21H22ClNO3/c1-3-12-26-19-10-8-16(13-20(19)25-2)9-11-21(24)23-15-18-6-4-17(14-22)5-7-18/h1,4-8,10,13H,9,11-12,14-15H2,2H3,(H,23,24). The van der Waals surface area contributed by atoms with Gasteiger partial charge in [-0.15, -0.1) is 18.0 Å². The molecule has 0 fully saturated rings. The zero-order valence-electron chi connectivity index (χ0n) is 14.8. The number of carbonyl (C=O) groups is 1. The van der Waals surface area contributed by atoms with Crippen LogP contribution in [-0.4, -0.2) is 19.6 Å². The van der Waals surface area contributed by atoms with Crippen LogP contribution in [0.4, 0.5) is 0 Å². The first-order valence-electron chi connectivity index (χ1n) is 8.30. The minimum Gasteiger partial charge on any atom is -0.493 e. The molecule has 0 heterocycles. The summed E-state index contributed by atoms with van der Waals surface area (Å²) in [6.07, 6.45) is 6.21. The average molecular weight is 372 g/mol. The fourth-order valence-electron chi connectivity index (χ4n) is 2.40. The SMILES string of the molecule is C#CCOc1ccc(CCC(=O)NCc2ccc(CCl)cc2)cc1OC. The molecule has 2 rings (SSSR count). The van der Waals surface area contributed by atoms with Gasteiger partial charge in [0.1, 0.15) is 6.61 Å². The Bertz CT molecular complexity index is 766. The fourth-order valence-corrected chi connectivity index (χ4v) is 2.58. The summed E-state index contributed by atoms with van der Waals surface area (Å²) in [6.45, 7) is 0.688. The van der Waals surface area contributed by atoms with Crippen LogP contribution < -0.4 is 14.8 Å². The van der Waals surface area contributed by atoms with Crippen molar-refractivity contribution >= 4 is 17.5 Å². The van der Waals surface area contributed by atoms with Crippen molar-refractivity contribution in [2.45, 2.75) is 25.3 Å². The summed E-state index contributed by atoms with van der Waals surface area (Å²) >= 11 is 5.77. The van der Waals surface area contributed by atoms with Crippen molar-refractivity contribution in [3.63, 3.8) is 0 Å². The van der Waals surface area contributed by atoms with Crippen LogP contribution in [0.1, 0.15) is 23.1 Å². The minimum absolute atomic E-state index is 0.00181. The van der Waals surface area contributed by atoms with Crippen molar-refractivity contribution in [1.82, 2.24) is 5.32 Å². The van der Waals surface area contributed by atoms with Gasteiger partial charge in [0.25, 0.3) is 0 Å². The predicted octanol–water partition coefficient (Wildman–Crippen LogP) is 3.70. The smallest absolute Gasteiger partial charge is 0.220 e. The summed E-state index contributed by atoms with van der Waals surface area (Å²) in [5.74, 6) is 4.11. The Hall–Kier alpha value is -2.64. The van der Waals surface area contributed by atoms with Gasteiger partial charge in [0.2, 0.25) is 5.91 Å². The average Bonchev–Trinajstić information content (AvgIpc) is 2.69. The lowest BCUT2D eigenvalue weighted by atomic mass is 10.1. The van der Waals surface area contributed by atoms with Crippen LogP contribution in [0.2, 0.25) is 0 Å². The van der Waals surface area contributed by atoms with Gasteiger partial charge in [0.05, 0.1) is 7.11 Å². The number of hydrogen-bond donors (Lipinski definition) is 1. The van der Waals surface area contributed by atoms with Gasteiger partial charge in [-0.1, -0.05) is 36.3 Å². The number of nitrogens with one attached hydrogen (secondary N) is 1. The highest BCUT2D eigenvalue weighted by atomic mass is 35.5. The van der Waals surface area contributed by atoms with Gasteiger partial charge in [0.15, 0.2) is 11.5 Å². The number of terminal acetylenes is 1. The van der Waals surface area contributed by atoms with Crippen LogP contribution in [0.25, 0.3) is 0 Å². The van der Waals surface area contributed by atoms with E-state index >= 15 is 0 Å². The molecule has 0 radical (unpaired) electrons. The molecule has 1 N–H and O–H groups in total. The molecule has 0 atom stereocenters. The number of alkyl halides is 1. The lowest BCUT2D eigenvalue weighted by molar-refractivity contribution is -0.121. The number of hydrogen-bond acceptors (Lipinski definition) is 3. The Kier molecular flexibility index (Phi) is 7.85. The second kappa shape index (κ2) is 10.4. The zero-order valence-corrected chi connectivity index (χ0v) is 15.5. The Balaban J connectivity index is 1.83. The molecule has 5 heteroatoms. The van der Waals surface area contributed by atoms with Crippen LogP contribution in [0.5, 0.6) is 11.5 Å². The first-order chi connectivity index (χ1) is 12.7. The van der Waals surface area contributed by atoms with Gasteiger partial charge in [-0.2, -0.15) is 0 Å². The van der Waals surface area contributed by atoms with E-state index in [-0.39, 0.29) is 12.5 Å². The van der Waals surface area contributed by atoms with E-state index in [2.05, 4.69) is 11.2 Å². The second-order valence-corrected chi connectivity index (χ2v) is 5.97. The number of halogens is 1. The molecule has 0 aliphatic heterocycles.